The summed E-state index contributed by atoms with van der Waals surface area (Å²) < 4.78 is 44.7. The number of alkyl halides is 3. The smallest absolute Gasteiger partial charge is 0.452 e. The van der Waals surface area contributed by atoms with Crippen molar-refractivity contribution in [3.05, 3.63) is 71.8 Å². The summed E-state index contributed by atoms with van der Waals surface area (Å²) in [6, 6.07) is 13.6. The van der Waals surface area contributed by atoms with E-state index in [0.717, 1.165) is 23.8 Å². The van der Waals surface area contributed by atoms with Crippen LogP contribution in [0, 0.1) is 0 Å². The van der Waals surface area contributed by atoms with Crippen LogP contribution in [0.25, 0.3) is 6.08 Å². The maximum Gasteiger partial charge on any atom is 0.573 e. The third-order valence-electron chi connectivity index (χ3n) is 3.36. The number of hydrogen-bond acceptors (Lipinski definition) is 5. The van der Waals surface area contributed by atoms with Crippen LogP contribution in [0.4, 0.5) is 13.2 Å². The van der Waals surface area contributed by atoms with Gasteiger partial charge in [0.2, 0.25) is 5.91 Å². The summed E-state index contributed by atoms with van der Waals surface area (Å²) >= 11 is 0. The summed E-state index contributed by atoms with van der Waals surface area (Å²) in [6.45, 7) is -0.651. The summed E-state index contributed by atoms with van der Waals surface area (Å²) in [4.78, 5) is 35.0. The normalized spacial score (nSPS) is 11.1. The Hall–Kier alpha value is -3.62. The summed E-state index contributed by atoms with van der Waals surface area (Å²) in [6.07, 6.45) is -2.49. The van der Waals surface area contributed by atoms with Crippen molar-refractivity contribution in [2.45, 2.75) is 12.8 Å². The van der Waals surface area contributed by atoms with E-state index in [1.165, 1.54) is 18.2 Å². The second-order valence-electron chi connectivity index (χ2n) is 5.69. The summed E-state index contributed by atoms with van der Waals surface area (Å²) in [5, 5.41) is 2.10. The second kappa shape index (κ2) is 10.1. The molecule has 0 heterocycles. The Kier molecular flexibility index (Phi) is 7.53. The number of rotatable bonds is 7. The van der Waals surface area contributed by atoms with Crippen LogP contribution in [0.1, 0.15) is 11.1 Å². The third kappa shape index (κ3) is 8.74. The number of imide groups is 1. The number of benzene rings is 2. The van der Waals surface area contributed by atoms with Gasteiger partial charge in [-0.15, -0.1) is 13.2 Å². The maximum absolute atomic E-state index is 12.1. The Balaban J connectivity index is 1.74. The van der Waals surface area contributed by atoms with E-state index in [0.29, 0.717) is 5.56 Å². The first-order valence-corrected chi connectivity index (χ1v) is 8.28. The van der Waals surface area contributed by atoms with E-state index in [1.54, 1.807) is 30.3 Å². The Morgan fingerprint density at radius 2 is 1.59 bits per heavy atom. The molecule has 0 spiro atoms. The molecule has 2 aromatic carbocycles. The van der Waals surface area contributed by atoms with Crippen molar-refractivity contribution in [2.24, 2.45) is 0 Å². The van der Waals surface area contributed by atoms with E-state index in [1.807, 2.05) is 0 Å². The van der Waals surface area contributed by atoms with Gasteiger partial charge in [-0.2, -0.15) is 0 Å². The lowest BCUT2D eigenvalue weighted by Gasteiger charge is -2.08. The quantitative estimate of drug-likeness (QED) is 0.564. The molecule has 0 saturated carbocycles. The molecule has 2 amide bonds. The van der Waals surface area contributed by atoms with Gasteiger partial charge in [0.1, 0.15) is 5.75 Å². The first-order chi connectivity index (χ1) is 13.7. The molecule has 0 fully saturated rings. The fourth-order valence-electron chi connectivity index (χ4n) is 2.15. The lowest BCUT2D eigenvalue weighted by Crippen LogP contribution is -2.35. The van der Waals surface area contributed by atoms with E-state index in [4.69, 9.17) is 4.74 Å². The van der Waals surface area contributed by atoms with Crippen molar-refractivity contribution in [3.8, 4) is 5.75 Å². The van der Waals surface area contributed by atoms with Crippen LogP contribution in [0.5, 0.6) is 5.75 Å². The lowest BCUT2D eigenvalue weighted by atomic mass is 10.1. The number of nitrogens with one attached hydrogen (secondary N) is 1. The molecule has 0 aliphatic rings. The van der Waals surface area contributed by atoms with Crippen LogP contribution >= 0.6 is 0 Å². The molecule has 0 aliphatic heterocycles. The van der Waals surface area contributed by atoms with Crippen molar-refractivity contribution < 1.29 is 37.0 Å². The Morgan fingerprint density at radius 1 is 0.931 bits per heavy atom. The van der Waals surface area contributed by atoms with Crippen molar-refractivity contribution in [2.75, 3.05) is 6.61 Å². The molecule has 29 heavy (non-hydrogen) atoms. The minimum absolute atomic E-state index is 0.00841. The van der Waals surface area contributed by atoms with Gasteiger partial charge >= 0.3 is 12.3 Å². The van der Waals surface area contributed by atoms with Crippen LogP contribution in [0.2, 0.25) is 0 Å². The number of halogens is 3. The molecule has 0 atom stereocenters. The van der Waals surface area contributed by atoms with Gasteiger partial charge in [-0.05, 0) is 29.3 Å². The van der Waals surface area contributed by atoms with Gasteiger partial charge in [0.25, 0.3) is 5.91 Å². The molecule has 0 aliphatic carbocycles. The highest BCUT2D eigenvalue weighted by atomic mass is 19.4. The fourth-order valence-corrected chi connectivity index (χ4v) is 2.15. The highest BCUT2D eigenvalue weighted by Crippen LogP contribution is 2.22. The summed E-state index contributed by atoms with van der Waals surface area (Å²) in [5.41, 5.74) is 1.14. The van der Waals surface area contributed by atoms with Gasteiger partial charge in [0.15, 0.2) is 6.61 Å². The summed E-state index contributed by atoms with van der Waals surface area (Å²) in [5.74, 6) is -2.56. The predicted octanol–water partition coefficient (Wildman–Crippen LogP) is 3.03. The number of carbonyl (C=O) groups is 3. The van der Waals surface area contributed by atoms with Gasteiger partial charge in [-0.3, -0.25) is 14.9 Å². The lowest BCUT2D eigenvalue weighted by molar-refractivity contribution is -0.274. The topological polar surface area (TPSA) is 81.7 Å². The first kappa shape index (κ1) is 21.7. The standard InChI is InChI=1S/C20H16F3NO5/c21-20(22,23)29-16-9-6-14(7-10-16)8-11-19(27)28-13-18(26)24-17(25)12-15-4-2-1-3-5-15/h1-11H,12-13H2,(H,24,25,26)/b11-8+. The SMILES string of the molecule is O=C(COC(=O)/C=C/c1ccc(OC(F)(F)F)cc1)NC(=O)Cc1ccccc1. The van der Waals surface area contributed by atoms with Crippen LogP contribution < -0.4 is 10.1 Å². The minimum Gasteiger partial charge on any atom is -0.452 e. The molecule has 2 aromatic rings. The molecule has 0 bridgehead atoms. The Labute approximate surface area is 163 Å². The molecule has 0 aromatic heterocycles. The van der Waals surface area contributed by atoms with E-state index >= 15 is 0 Å². The second-order valence-corrected chi connectivity index (χ2v) is 5.69. The monoisotopic (exact) mass is 407 g/mol. The van der Waals surface area contributed by atoms with Gasteiger partial charge in [-0.1, -0.05) is 42.5 Å². The molecule has 2 rings (SSSR count). The van der Waals surface area contributed by atoms with Gasteiger partial charge < -0.3 is 9.47 Å². The van der Waals surface area contributed by atoms with Crippen LogP contribution in [-0.2, 0) is 25.5 Å². The number of amides is 2. The maximum atomic E-state index is 12.1. The fraction of sp³-hybridized carbons (Fsp3) is 0.150. The molecule has 0 radical (unpaired) electrons. The number of carbonyl (C=O) groups excluding carboxylic acids is 3. The molecule has 9 heteroatoms. The molecule has 6 nitrogen and oxygen atoms in total. The van der Waals surface area contributed by atoms with Gasteiger partial charge in [0, 0.05) is 6.08 Å². The van der Waals surface area contributed by atoms with Crippen LogP contribution in [0.15, 0.2) is 60.7 Å². The highest BCUT2D eigenvalue weighted by Gasteiger charge is 2.30. The summed E-state index contributed by atoms with van der Waals surface area (Å²) in [7, 11) is 0. The number of esters is 1. The molecule has 0 unspecified atom stereocenters. The molecule has 0 saturated heterocycles. The predicted molar refractivity (Wildman–Crippen MR) is 96.4 cm³/mol. The largest absolute Gasteiger partial charge is 0.573 e. The van der Waals surface area contributed by atoms with E-state index < -0.39 is 36.5 Å². The van der Waals surface area contributed by atoms with Crippen LogP contribution in [-0.4, -0.2) is 30.8 Å². The van der Waals surface area contributed by atoms with Gasteiger partial charge in [0.05, 0.1) is 6.42 Å². The molecular formula is C20H16F3NO5. The Morgan fingerprint density at radius 3 is 2.21 bits per heavy atom. The van der Waals surface area contributed by atoms with Crippen molar-refractivity contribution in [1.29, 1.82) is 0 Å². The average molecular weight is 407 g/mol. The van der Waals surface area contributed by atoms with Gasteiger partial charge in [-0.25, -0.2) is 4.79 Å². The number of hydrogen-bond donors (Lipinski definition) is 1. The highest BCUT2D eigenvalue weighted by molar-refractivity contribution is 5.97. The van der Waals surface area contributed by atoms with Crippen LogP contribution in [0.3, 0.4) is 0 Å². The molecule has 152 valence electrons. The number of ether oxygens (including phenoxy) is 2. The first-order valence-electron chi connectivity index (χ1n) is 8.28. The Bertz CT molecular complexity index is 877. The zero-order valence-corrected chi connectivity index (χ0v) is 14.9. The van der Waals surface area contributed by atoms with E-state index in [-0.39, 0.29) is 6.42 Å². The van der Waals surface area contributed by atoms with Crippen molar-refractivity contribution >= 4 is 23.9 Å². The zero-order valence-electron chi connectivity index (χ0n) is 14.9. The minimum atomic E-state index is -4.79. The van der Waals surface area contributed by atoms with Crippen molar-refractivity contribution in [3.63, 3.8) is 0 Å². The molecular weight excluding hydrogens is 391 g/mol. The van der Waals surface area contributed by atoms with Crippen molar-refractivity contribution in [1.82, 2.24) is 5.32 Å². The zero-order chi connectivity index (χ0) is 21.3. The van der Waals surface area contributed by atoms with E-state index in [2.05, 4.69) is 10.1 Å². The molecule has 1 N–H and O–H groups in total. The average Bonchev–Trinajstić information content (AvgIpc) is 2.65. The van der Waals surface area contributed by atoms with E-state index in [9.17, 15) is 27.6 Å². The third-order valence-corrected chi connectivity index (χ3v) is 3.36.